The summed E-state index contributed by atoms with van der Waals surface area (Å²) >= 11 is 1.91. The Morgan fingerprint density at radius 1 is 1.10 bits per heavy atom. The first-order chi connectivity index (χ1) is 10.4. The fraction of sp³-hybridized carbons (Fsp3) is 0.529. The predicted molar refractivity (Wildman–Crippen MR) is 86.9 cm³/mol. The topological polar surface area (TPSA) is 29.0 Å². The Labute approximate surface area is 130 Å². The highest BCUT2D eigenvalue weighted by Crippen LogP contribution is 2.38. The number of hydrogen-bond donors (Lipinski definition) is 0. The van der Waals surface area contributed by atoms with Gasteiger partial charge in [-0.15, -0.1) is 11.3 Å². The lowest BCUT2D eigenvalue weighted by molar-refractivity contribution is 0.448. The molecule has 1 aliphatic heterocycles. The Balaban J connectivity index is 1.51. The van der Waals surface area contributed by atoms with E-state index in [1.807, 2.05) is 23.7 Å². The third-order valence-electron chi connectivity index (χ3n) is 4.81. The smallest absolute Gasteiger partial charge is 0.185 e. The molecule has 21 heavy (non-hydrogen) atoms. The van der Waals surface area contributed by atoms with Gasteiger partial charge in [0, 0.05) is 36.6 Å². The van der Waals surface area contributed by atoms with Gasteiger partial charge in [-0.1, -0.05) is 19.3 Å². The first kappa shape index (κ1) is 13.3. The maximum atomic E-state index is 4.71. The van der Waals surface area contributed by atoms with E-state index in [0.717, 1.165) is 25.4 Å². The molecule has 0 amide bonds. The molecule has 0 aromatic carbocycles. The maximum absolute atomic E-state index is 4.71. The molecule has 4 rings (SSSR count). The first-order valence-electron chi connectivity index (χ1n) is 8.02. The SMILES string of the molecule is c1cc2c(cn1)CN(c1ncc(C3CCCCC3)s1)CC2. The fourth-order valence-corrected chi connectivity index (χ4v) is 4.65. The van der Waals surface area contributed by atoms with Gasteiger partial charge in [-0.3, -0.25) is 4.98 Å². The summed E-state index contributed by atoms with van der Waals surface area (Å²) in [6.07, 6.45) is 14.1. The standard InChI is InChI=1S/C17H21N3S/c1-2-4-14(5-3-1)16-11-19-17(21-16)20-9-7-13-6-8-18-10-15(13)12-20/h6,8,10-11,14H,1-5,7,9,12H2. The predicted octanol–water partition coefficient (Wildman–Crippen LogP) is 4.15. The zero-order chi connectivity index (χ0) is 14.1. The van der Waals surface area contributed by atoms with Gasteiger partial charge in [0.2, 0.25) is 0 Å². The Bertz CT molecular complexity index is 616. The van der Waals surface area contributed by atoms with Crippen molar-refractivity contribution in [2.45, 2.75) is 51.0 Å². The van der Waals surface area contributed by atoms with Crippen molar-refractivity contribution in [2.24, 2.45) is 0 Å². The molecule has 2 aromatic heterocycles. The molecule has 0 N–H and O–H groups in total. The molecule has 2 aliphatic rings. The highest BCUT2D eigenvalue weighted by atomic mass is 32.1. The van der Waals surface area contributed by atoms with E-state index >= 15 is 0 Å². The summed E-state index contributed by atoms with van der Waals surface area (Å²) < 4.78 is 0. The van der Waals surface area contributed by atoms with Gasteiger partial charge in [0.25, 0.3) is 0 Å². The second kappa shape index (κ2) is 5.76. The van der Waals surface area contributed by atoms with Crippen LogP contribution in [0.25, 0.3) is 0 Å². The molecule has 0 radical (unpaired) electrons. The largest absolute Gasteiger partial charge is 0.343 e. The van der Waals surface area contributed by atoms with Crippen LogP contribution in [-0.4, -0.2) is 16.5 Å². The number of fused-ring (bicyclic) bond motifs is 1. The Morgan fingerprint density at radius 2 is 2.00 bits per heavy atom. The van der Waals surface area contributed by atoms with Crippen LogP contribution in [0.5, 0.6) is 0 Å². The van der Waals surface area contributed by atoms with Gasteiger partial charge in [0.15, 0.2) is 5.13 Å². The molecule has 3 nitrogen and oxygen atoms in total. The fourth-order valence-electron chi connectivity index (χ4n) is 3.54. The summed E-state index contributed by atoms with van der Waals surface area (Å²) in [7, 11) is 0. The van der Waals surface area contributed by atoms with E-state index < -0.39 is 0 Å². The average Bonchev–Trinajstić information content (AvgIpc) is 3.05. The van der Waals surface area contributed by atoms with Gasteiger partial charge in [0.1, 0.15) is 0 Å². The molecule has 2 aromatic rings. The third kappa shape index (κ3) is 2.69. The van der Waals surface area contributed by atoms with Crippen molar-refractivity contribution in [3.63, 3.8) is 0 Å². The molecular weight excluding hydrogens is 278 g/mol. The molecule has 0 atom stereocenters. The van der Waals surface area contributed by atoms with Gasteiger partial charge >= 0.3 is 0 Å². The van der Waals surface area contributed by atoms with Crippen LogP contribution in [0.15, 0.2) is 24.7 Å². The normalized spacial score (nSPS) is 19.5. The van der Waals surface area contributed by atoms with Gasteiger partial charge in [-0.25, -0.2) is 4.98 Å². The van der Waals surface area contributed by atoms with Crippen molar-refractivity contribution in [3.8, 4) is 0 Å². The summed E-state index contributed by atoms with van der Waals surface area (Å²) in [5.41, 5.74) is 2.81. The number of thiazole rings is 1. The van der Waals surface area contributed by atoms with Crippen molar-refractivity contribution >= 4 is 16.5 Å². The molecule has 3 heterocycles. The highest BCUT2D eigenvalue weighted by Gasteiger charge is 2.22. The maximum Gasteiger partial charge on any atom is 0.185 e. The van der Waals surface area contributed by atoms with E-state index in [9.17, 15) is 0 Å². The van der Waals surface area contributed by atoms with E-state index in [-0.39, 0.29) is 0 Å². The van der Waals surface area contributed by atoms with Gasteiger partial charge < -0.3 is 4.90 Å². The Hall–Kier alpha value is -1.42. The summed E-state index contributed by atoms with van der Waals surface area (Å²) in [5.74, 6) is 0.767. The van der Waals surface area contributed by atoms with Crippen LogP contribution >= 0.6 is 11.3 Å². The Morgan fingerprint density at radius 3 is 2.90 bits per heavy atom. The first-order valence-corrected chi connectivity index (χ1v) is 8.84. The molecule has 1 aliphatic carbocycles. The minimum atomic E-state index is 0.767. The van der Waals surface area contributed by atoms with Crippen molar-refractivity contribution in [3.05, 3.63) is 40.7 Å². The lowest BCUT2D eigenvalue weighted by Crippen LogP contribution is -2.30. The third-order valence-corrected chi connectivity index (χ3v) is 6.03. The zero-order valence-corrected chi connectivity index (χ0v) is 13.1. The number of nitrogens with zero attached hydrogens (tertiary/aromatic N) is 3. The van der Waals surface area contributed by atoms with Crippen LogP contribution < -0.4 is 4.90 Å². The van der Waals surface area contributed by atoms with Gasteiger partial charge in [-0.2, -0.15) is 0 Å². The number of anilines is 1. The molecule has 1 saturated carbocycles. The number of aromatic nitrogens is 2. The molecule has 4 heteroatoms. The van der Waals surface area contributed by atoms with E-state index in [1.54, 1.807) is 0 Å². The van der Waals surface area contributed by atoms with E-state index in [0.29, 0.717) is 0 Å². The van der Waals surface area contributed by atoms with Crippen molar-refractivity contribution in [1.29, 1.82) is 0 Å². The highest BCUT2D eigenvalue weighted by molar-refractivity contribution is 7.15. The monoisotopic (exact) mass is 299 g/mol. The van der Waals surface area contributed by atoms with Crippen LogP contribution in [0.2, 0.25) is 0 Å². The second-order valence-corrected chi connectivity index (χ2v) is 7.24. The van der Waals surface area contributed by atoms with Crippen molar-refractivity contribution < 1.29 is 0 Å². The summed E-state index contributed by atoms with van der Waals surface area (Å²) in [6.45, 7) is 2.04. The summed E-state index contributed by atoms with van der Waals surface area (Å²) in [5, 5.41) is 1.20. The van der Waals surface area contributed by atoms with E-state index in [4.69, 9.17) is 4.98 Å². The van der Waals surface area contributed by atoms with Crippen LogP contribution in [0.4, 0.5) is 5.13 Å². The van der Waals surface area contributed by atoms with E-state index in [2.05, 4.69) is 22.1 Å². The lowest BCUT2D eigenvalue weighted by atomic mass is 9.89. The van der Waals surface area contributed by atoms with E-state index in [1.165, 1.54) is 53.2 Å². The molecule has 1 fully saturated rings. The van der Waals surface area contributed by atoms with Crippen LogP contribution in [-0.2, 0) is 13.0 Å². The van der Waals surface area contributed by atoms with Crippen molar-refractivity contribution in [2.75, 3.05) is 11.4 Å². The van der Waals surface area contributed by atoms with Crippen LogP contribution in [0, 0.1) is 0 Å². The summed E-state index contributed by atoms with van der Waals surface area (Å²) in [6, 6.07) is 2.15. The lowest BCUT2D eigenvalue weighted by Gasteiger charge is -2.28. The number of hydrogen-bond acceptors (Lipinski definition) is 4. The molecule has 0 unspecified atom stereocenters. The number of rotatable bonds is 2. The minimum Gasteiger partial charge on any atom is -0.343 e. The molecule has 0 saturated heterocycles. The zero-order valence-electron chi connectivity index (χ0n) is 12.3. The molecular formula is C17H21N3S. The molecule has 110 valence electrons. The van der Waals surface area contributed by atoms with Gasteiger partial charge in [-0.05, 0) is 42.4 Å². The molecule has 0 spiro atoms. The number of pyridine rings is 1. The van der Waals surface area contributed by atoms with Gasteiger partial charge in [0.05, 0.1) is 0 Å². The summed E-state index contributed by atoms with van der Waals surface area (Å²) in [4.78, 5) is 12.9. The molecule has 0 bridgehead atoms. The van der Waals surface area contributed by atoms with Crippen molar-refractivity contribution in [1.82, 2.24) is 9.97 Å². The van der Waals surface area contributed by atoms with Crippen LogP contribution in [0.3, 0.4) is 0 Å². The minimum absolute atomic E-state index is 0.767. The average molecular weight is 299 g/mol. The Kier molecular flexibility index (Phi) is 3.63. The van der Waals surface area contributed by atoms with Crippen LogP contribution in [0.1, 0.15) is 54.0 Å². The second-order valence-electron chi connectivity index (χ2n) is 6.20. The quantitative estimate of drug-likeness (QED) is 0.834.